The van der Waals surface area contributed by atoms with Crippen LogP contribution in [0.1, 0.15) is 34.1 Å². The van der Waals surface area contributed by atoms with Gasteiger partial charge >= 0.3 is 12.1 Å². The number of alkyl halides is 3. The van der Waals surface area contributed by atoms with Crippen LogP contribution in [0.3, 0.4) is 0 Å². The first-order valence-corrected chi connectivity index (χ1v) is 7.52. The van der Waals surface area contributed by atoms with E-state index in [-0.39, 0.29) is 17.7 Å². The minimum atomic E-state index is -4.97. The Morgan fingerprint density at radius 3 is 1.91 bits per heavy atom. The first-order chi connectivity index (χ1) is 9.83. The van der Waals surface area contributed by atoms with Crippen LogP contribution in [0.4, 0.5) is 13.2 Å². The SMILES string of the molecule is CC1(C)C2CN(C(=O)C3(NC(=O)C(F)(F)F)CC3(C)C)CC21. The number of nitrogens with zero attached hydrogens (tertiary/aromatic N) is 1. The van der Waals surface area contributed by atoms with Crippen LogP contribution in [0.15, 0.2) is 0 Å². The molecule has 1 N–H and O–H groups in total. The Kier molecular flexibility index (Phi) is 2.82. The van der Waals surface area contributed by atoms with Crippen molar-refractivity contribution < 1.29 is 22.8 Å². The average Bonchev–Trinajstić information content (AvgIpc) is 2.99. The predicted molar refractivity (Wildman–Crippen MR) is 72.7 cm³/mol. The van der Waals surface area contributed by atoms with Gasteiger partial charge in [-0.3, -0.25) is 9.59 Å². The summed E-state index contributed by atoms with van der Waals surface area (Å²) in [5.41, 5.74) is -1.83. The molecule has 3 rings (SSSR count). The monoisotopic (exact) mass is 318 g/mol. The normalized spacial score (nSPS) is 37.5. The van der Waals surface area contributed by atoms with E-state index in [1.165, 1.54) is 0 Å². The fraction of sp³-hybridized carbons (Fsp3) is 0.867. The van der Waals surface area contributed by atoms with E-state index in [0.29, 0.717) is 24.9 Å². The van der Waals surface area contributed by atoms with Gasteiger partial charge in [-0.05, 0) is 29.1 Å². The third-order valence-corrected chi connectivity index (χ3v) is 6.10. The lowest BCUT2D eigenvalue weighted by Crippen LogP contribution is -2.56. The molecule has 0 bridgehead atoms. The van der Waals surface area contributed by atoms with Crippen LogP contribution in [0, 0.1) is 22.7 Å². The maximum absolute atomic E-state index is 12.7. The van der Waals surface area contributed by atoms with Crippen LogP contribution in [0.25, 0.3) is 0 Å². The number of carbonyl (C=O) groups is 2. The maximum atomic E-state index is 12.7. The molecule has 124 valence electrons. The number of fused-ring (bicyclic) bond motifs is 1. The molecule has 3 fully saturated rings. The number of hydrogen-bond donors (Lipinski definition) is 1. The molecule has 0 aromatic heterocycles. The second-order valence-electron chi connectivity index (χ2n) is 8.16. The zero-order valence-corrected chi connectivity index (χ0v) is 13.2. The number of nitrogens with one attached hydrogen (secondary N) is 1. The summed E-state index contributed by atoms with van der Waals surface area (Å²) in [5.74, 6) is -1.54. The molecule has 2 saturated carbocycles. The van der Waals surface area contributed by atoms with Gasteiger partial charge in [-0.2, -0.15) is 13.2 Å². The number of likely N-dealkylation sites (tertiary alicyclic amines) is 1. The highest BCUT2D eigenvalue weighted by molar-refractivity contribution is 5.97. The Morgan fingerprint density at radius 1 is 1.09 bits per heavy atom. The van der Waals surface area contributed by atoms with Crippen LogP contribution in [-0.4, -0.2) is 41.5 Å². The van der Waals surface area contributed by atoms with E-state index < -0.39 is 23.0 Å². The molecule has 22 heavy (non-hydrogen) atoms. The lowest BCUT2D eigenvalue weighted by molar-refractivity contribution is -0.176. The molecule has 4 nitrogen and oxygen atoms in total. The Bertz CT molecular complexity index is 541. The van der Waals surface area contributed by atoms with E-state index in [2.05, 4.69) is 13.8 Å². The number of hydrogen-bond acceptors (Lipinski definition) is 2. The van der Waals surface area contributed by atoms with Gasteiger partial charge in [0.25, 0.3) is 0 Å². The molecule has 1 heterocycles. The maximum Gasteiger partial charge on any atom is 0.471 e. The number of halogens is 3. The summed E-state index contributed by atoms with van der Waals surface area (Å²) in [4.78, 5) is 25.7. The van der Waals surface area contributed by atoms with Crippen molar-refractivity contribution in [2.45, 2.75) is 45.8 Å². The van der Waals surface area contributed by atoms with Crippen LogP contribution in [0.2, 0.25) is 0 Å². The Balaban J connectivity index is 1.73. The summed E-state index contributed by atoms with van der Waals surface area (Å²) in [5, 5.41) is 1.97. The van der Waals surface area contributed by atoms with E-state index >= 15 is 0 Å². The zero-order valence-electron chi connectivity index (χ0n) is 13.2. The van der Waals surface area contributed by atoms with Gasteiger partial charge in [-0.25, -0.2) is 0 Å². The molecule has 0 aromatic carbocycles. The van der Waals surface area contributed by atoms with Crippen molar-refractivity contribution in [3.05, 3.63) is 0 Å². The summed E-state index contributed by atoms with van der Waals surface area (Å²) in [6.45, 7) is 8.87. The smallest absolute Gasteiger partial charge is 0.340 e. The minimum absolute atomic E-state index is 0.220. The van der Waals surface area contributed by atoms with Gasteiger partial charge < -0.3 is 10.2 Å². The molecule has 1 aliphatic heterocycles. The van der Waals surface area contributed by atoms with Crippen LogP contribution in [-0.2, 0) is 9.59 Å². The van der Waals surface area contributed by atoms with Gasteiger partial charge in [-0.15, -0.1) is 0 Å². The van der Waals surface area contributed by atoms with E-state index in [0.717, 1.165) is 0 Å². The number of carbonyl (C=O) groups excluding carboxylic acids is 2. The lowest BCUT2D eigenvalue weighted by atomic mass is 10.0. The summed E-state index contributed by atoms with van der Waals surface area (Å²) in [6, 6.07) is 0. The standard InChI is InChI=1S/C15H21F3N2O2/c1-12(2)7-14(12,19-10(21)15(16,17)18)11(22)20-5-8-9(6-20)13(8,3)4/h8-9H,5-7H2,1-4H3,(H,19,21). The minimum Gasteiger partial charge on any atom is -0.340 e. The molecule has 3 unspecified atom stereocenters. The fourth-order valence-electron chi connectivity index (χ4n) is 4.08. The Morgan fingerprint density at radius 2 is 1.55 bits per heavy atom. The van der Waals surface area contributed by atoms with Crippen molar-refractivity contribution >= 4 is 11.8 Å². The van der Waals surface area contributed by atoms with Gasteiger partial charge in [0.15, 0.2) is 0 Å². The molecular weight excluding hydrogens is 297 g/mol. The van der Waals surface area contributed by atoms with Crippen molar-refractivity contribution in [3.63, 3.8) is 0 Å². The van der Waals surface area contributed by atoms with Crippen molar-refractivity contribution in [3.8, 4) is 0 Å². The molecule has 0 aromatic rings. The third kappa shape index (κ3) is 1.97. The summed E-state index contributed by atoms with van der Waals surface area (Å²) in [6.07, 6.45) is -4.73. The van der Waals surface area contributed by atoms with Gasteiger partial charge in [0.05, 0.1) is 0 Å². The number of piperidine rings is 1. The number of amides is 2. The molecule has 3 aliphatic rings. The molecule has 7 heteroatoms. The topological polar surface area (TPSA) is 49.4 Å². The van der Waals surface area contributed by atoms with Crippen LogP contribution < -0.4 is 5.32 Å². The first-order valence-electron chi connectivity index (χ1n) is 7.52. The molecule has 2 aliphatic carbocycles. The first kappa shape index (κ1) is 15.6. The van der Waals surface area contributed by atoms with E-state index in [9.17, 15) is 22.8 Å². The molecule has 2 amide bonds. The van der Waals surface area contributed by atoms with Gasteiger partial charge in [0.1, 0.15) is 5.54 Å². The van der Waals surface area contributed by atoms with Crippen molar-refractivity contribution in [1.82, 2.24) is 10.2 Å². The number of rotatable bonds is 2. The molecule has 3 atom stereocenters. The zero-order chi connectivity index (χ0) is 16.7. The molecule has 1 saturated heterocycles. The van der Waals surface area contributed by atoms with Gasteiger partial charge in [0.2, 0.25) is 5.91 Å². The van der Waals surface area contributed by atoms with Crippen LogP contribution in [0.5, 0.6) is 0 Å². The Hall–Kier alpha value is -1.27. The van der Waals surface area contributed by atoms with Crippen molar-refractivity contribution in [2.75, 3.05) is 13.1 Å². The third-order valence-electron chi connectivity index (χ3n) is 6.10. The van der Waals surface area contributed by atoms with E-state index in [1.807, 2.05) is 5.32 Å². The second kappa shape index (κ2) is 3.97. The highest BCUT2D eigenvalue weighted by Gasteiger charge is 2.72. The van der Waals surface area contributed by atoms with E-state index in [4.69, 9.17) is 0 Å². The molecule has 0 radical (unpaired) electrons. The highest BCUT2D eigenvalue weighted by Crippen LogP contribution is 2.64. The average molecular weight is 318 g/mol. The largest absolute Gasteiger partial charge is 0.471 e. The quantitative estimate of drug-likeness (QED) is 0.846. The fourth-order valence-corrected chi connectivity index (χ4v) is 4.08. The van der Waals surface area contributed by atoms with Crippen molar-refractivity contribution in [1.29, 1.82) is 0 Å². The second-order valence-corrected chi connectivity index (χ2v) is 8.16. The summed E-state index contributed by atoms with van der Waals surface area (Å²) >= 11 is 0. The van der Waals surface area contributed by atoms with Gasteiger partial charge in [0, 0.05) is 13.1 Å². The summed E-state index contributed by atoms with van der Waals surface area (Å²) < 4.78 is 37.6. The lowest BCUT2D eigenvalue weighted by Gasteiger charge is -2.29. The Labute approximate surface area is 127 Å². The summed E-state index contributed by atoms with van der Waals surface area (Å²) in [7, 11) is 0. The molecule has 0 spiro atoms. The van der Waals surface area contributed by atoms with E-state index in [1.54, 1.807) is 18.7 Å². The highest BCUT2D eigenvalue weighted by atomic mass is 19.4. The van der Waals surface area contributed by atoms with Gasteiger partial charge in [-0.1, -0.05) is 27.7 Å². The van der Waals surface area contributed by atoms with Crippen molar-refractivity contribution in [2.24, 2.45) is 22.7 Å². The predicted octanol–water partition coefficient (Wildman–Crippen LogP) is 1.95. The van der Waals surface area contributed by atoms with Crippen LogP contribution >= 0.6 is 0 Å². The molecular formula is C15H21F3N2O2.